The molecule has 0 atom stereocenters. The van der Waals surface area contributed by atoms with Gasteiger partial charge in [0.25, 0.3) is 0 Å². The van der Waals surface area contributed by atoms with E-state index < -0.39 is 11.6 Å². The van der Waals surface area contributed by atoms with Gasteiger partial charge in [0, 0.05) is 11.6 Å². The third-order valence-electron chi connectivity index (χ3n) is 2.42. The predicted octanol–water partition coefficient (Wildman–Crippen LogP) is 4.75. The zero-order chi connectivity index (χ0) is 13.3. The Kier molecular flexibility index (Phi) is 3.64. The number of benzene rings is 2. The van der Waals surface area contributed by atoms with Gasteiger partial charge in [-0.25, -0.2) is 8.78 Å². The minimum atomic E-state index is -0.719. The van der Waals surface area contributed by atoms with Gasteiger partial charge in [0.2, 0.25) is 0 Å². The molecule has 0 radical (unpaired) electrons. The summed E-state index contributed by atoms with van der Waals surface area (Å²) in [6.45, 7) is 0. The zero-order valence-corrected chi connectivity index (χ0v) is 10.4. The van der Waals surface area contributed by atoms with Crippen molar-refractivity contribution in [1.29, 1.82) is 0 Å². The van der Waals surface area contributed by atoms with Crippen molar-refractivity contribution in [3.05, 3.63) is 57.6 Å². The highest BCUT2D eigenvalue weighted by atomic mass is 35.5. The van der Waals surface area contributed by atoms with E-state index in [1.165, 1.54) is 12.1 Å². The number of aldehydes is 1. The summed E-state index contributed by atoms with van der Waals surface area (Å²) in [6, 6.07) is 5.98. The number of carbonyl (C=O) groups is 1. The summed E-state index contributed by atoms with van der Waals surface area (Å²) >= 11 is 11.8. The van der Waals surface area contributed by atoms with E-state index in [4.69, 9.17) is 23.2 Å². The van der Waals surface area contributed by atoms with Crippen LogP contribution in [0, 0.1) is 11.6 Å². The van der Waals surface area contributed by atoms with Gasteiger partial charge in [-0.15, -0.1) is 0 Å². The van der Waals surface area contributed by atoms with Crippen LogP contribution >= 0.6 is 23.2 Å². The minimum absolute atomic E-state index is 0.0718. The van der Waals surface area contributed by atoms with Crippen LogP contribution in [0.25, 0.3) is 11.1 Å². The van der Waals surface area contributed by atoms with Gasteiger partial charge in [-0.2, -0.15) is 0 Å². The van der Waals surface area contributed by atoms with Crippen LogP contribution in [0.1, 0.15) is 10.4 Å². The second-order valence-corrected chi connectivity index (χ2v) is 4.38. The fourth-order valence-electron chi connectivity index (χ4n) is 1.61. The highest BCUT2D eigenvalue weighted by Crippen LogP contribution is 2.34. The highest BCUT2D eigenvalue weighted by molar-refractivity contribution is 6.40. The van der Waals surface area contributed by atoms with E-state index in [1.807, 2.05) is 0 Å². The third-order valence-corrected chi connectivity index (χ3v) is 3.15. The van der Waals surface area contributed by atoms with Gasteiger partial charge >= 0.3 is 0 Å². The average Bonchev–Trinajstić information content (AvgIpc) is 2.28. The molecule has 2 rings (SSSR count). The Hall–Kier alpha value is -1.45. The monoisotopic (exact) mass is 286 g/mol. The number of carbonyl (C=O) groups excluding carboxylic acids is 1. The number of hydrogen-bond donors (Lipinski definition) is 0. The maximum absolute atomic E-state index is 13.1. The molecule has 0 unspecified atom stereocenters. The van der Waals surface area contributed by atoms with Gasteiger partial charge in [-0.1, -0.05) is 29.3 Å². The second kappa shape index (κ2) is 5.04. The lowest BCUT2D eigenvalue weighted by atomic mass is 10.0. The Bertz CT molecular complexity index is 606. The Morgan fingerprint density at radius 2 is 1.61 bits per heavy atom. The summed E-state index contributed by atoms with van der Waals surface area (Å²) < 4.78 is 26.3. The molecule has 0 aliphatic carbocycles. The van der Waals surface area contributed by atoms with Crippen LogP contribution in [0.3, 0.4) is 0 Å². The molecule has 0 saturated heterocycles. The smallest absolute Gasteiger partial charge is 0.153 e. The predicted molar refractivity (Wildman–Crippen MR) is 67.2 cm³/mol. The fraction of sp³-hybridized carbons (Fsp3) is 0. The molecular formula is C13H6Cl2F2O. The van der Waals surface area contributed by atoms with Gasteiger partial charge in [-0.3, -0.25) is 4.79 Å². The maximum atomic E-state index is 13.1. The Labute approximate surface area is 112 Å². The first-order chi connectivity index (χ1) is 8.52. The van der Waals surface area contributed by atoms with Crippen molar-refractivity contribution in [3.63, 3.8) is 0 Å². The summed E-state index contributed by atoms with van der Waals surface area (Å²) in [6.07, 6.45) is 0.504. The molecule has 0 aliphatic heterocycles. The number of halogens is 4. The Balaban J connectivity index is 2.68. The molecule has 2 aromatic carbocycles. The lowest BCUT2D eigenvalue weighted by Gasteiger charge is -2.08. The highest BCUT2D eigenvalue weighted by Gasteiger charge is 2.13. The topological polar surface area (TPSA) is 17.1 Å². The normalized spacial score (nSPS) is 10.4. The van der Waals surface area contributed by atoms with Crippen molar-refractivity contribution in [3.8, 4) is 11.1 Å². The summed E-state index contributed by atoms with van der Waals surface area (Å²) in [5.74, 6) is -1.44. The van der Waals surface area contributed by atoms with Crippen molar-refractivity contribution in [1.82, 2.24) is 0 Å². The largest absolute Gasteiger partial charge is 0.298 e. The first-order valence-electron chi connectivity index (χ1n) is 4.92. The molecule has 0 heterocycles. The van der Waals surface area contributed by atoms with Gasteiger partial charge < -0.3 is 0 Å². The number of rotatable bonds is 2. The summed E-state index contributed by atoms with van der Waals surface area (Å²) in [5.41, 5.74) is 0.694. The molecule has 0 spiro atoms. The summed E-state index contributed by atoms with van der Waals surface area (Å²) in [7, 11) is 0. The Morgan fingerprint density at radius 1 is 1.00 bits per heavy atom. The third kappa shape index (κ3) is 2.37. The van der Waals surface area contributed by atoms with Crippen molar-refractivity contribution in [2.75, 3.05) is 0 Å². The summed E-state index contributed by atoms with van der Waals surface area (Å²) in [5, 5.41) is 0.262. The first kappa shape index (κ1) is 13.0. The SMILES string of the molecule is O=Cc1c(Cl)ccc(-c2cc(F)cc(F)c2)c1Cl. The first-order valence-corrected chi connectivity index (χ1v) is 5.68. The molecule has 92 valence electrons. The molecule has 18 heavy (non-hydrogen) atoms. The average molecular weight is 287 g/mol. The van der Waals surface area contributed by atoms with Crippen molar-refractivity contribution in [2.24, 2.45) is 0 Å². The molecule has 1 nitrogen and oxygen atoms in total. The molecule has 0 bridgehead atoms. The van der Waals surface area contributed by atoms with Crippen molar-refractivity contribution >= 4 is 29.5 Å². The van der Waals surface area contributed by atoms with E-state index in [1.54, 1.807) is 0 Å². The number of hydrogen-bond acceptors (Lipinski definition) is 1. The maximum Gasteiger partial charge on any atom is 0.153 e. The van der Waals surface area contributed by atoms with Gasteiger partial charge in [-0.05, 0) is 23.8 Å². The zero-order valence-electron chi connectivity index (χ0n) is 8.88. The van der Waals surface area contributed by atoms with Crippen LogP contribution in [0.2, 0.25) is 10.0 Å². The molecule has 2 aromatic rings. The molecular weight excluding hydrogens is 281 g/mol. The molecule has 5 heteroatoms. The molecule has 0 amide bonds. The van der Waals surface area contributed by atoms with E-state index in [0.717, 1.165) is 18.2 Å². The van der Waals surface area contributed by atoms with Crippen LogP contribution in [-0.2, 0) is 0 Å². The van der Waals surface area contributed by atoms with E-state index in [9.17, 15) is 13.6 Å². The lowest BCUT2D eigenvalue weighted by Crippen LogP contribution is -1.90. The van der Waals surface area contributed by atoms with Gasteiger partial charge in [0.15, 0.2) is 6.29 Å². The quantitative estimate of drug-likeness (QED) is 0.728. The molecule has 0 N–H and O–H groups in total. The molecule has 0 aliphatic rings. The van der Waals surface area contributed by atoms with E-state index in [0.29, 0.717) is 11.8 Å². The Morgan fingerprint density at radius 3 is 2.17 bits per heavy atom. The molecule has 0 aromatic heterocycles. The van der Waals surface area contributed by atoms with E-state index >= 15 is 0 Å². The molecule has 0 saturated carbocycles. The van der Waals surface area contributed by atoms with Crippen LogP contribution < -0.4 is 0 Å². The molecule has 0 fully saturated rings. The van der Waals surface area contributed by atoms with E-state index in [2.05, 4.69) is 0 Å². The second-order valence-electron chi connectivity index (χ2n) is 3.60. The lowest BCUT2D eigenvalue weighted by molar-refractivity contribution is 0.112. The van der Waals surface area contributed by atoms with E-state index in [-0.39, 0.29) is 21.2 Å². The van der Waals surface area contributed by atoms with Crippen LogP contribution in [0.4, 0.5) is 8.78 Å². The van der Waals surface area contributed by atoms with Gasteiger partial charge in [0.1, 0.15) is 11.6 Å². The van der Waals surface area contributed by atoms with Gasteiger partial charge in [0.05, 0.1) is 15.6 Å². The summed E-state index contributed by atoms with van der Waals surface area (Å²) in [4.78, 5) is 10.8. The minimum Gasteiger partial charge on any atom is -0.298 e. The van der Waals surface area contributed by atoms with Crippen molar-refractivity contribution in [2.45, 2.75) is 0 Å². The standard InChI is InChI=1S/C13H6Cl2F2O/c14-12-2-1-10(13(15)11(12)6-18)7-3-8(16)5-9(17)4-7/h1-6H. The van der Waals surface area contributed by atoms with Crippen LogP contribution in [-0.4, -0.2) is 6.29 Å². The fourth-order valence-corrected chi connectivity index (χ4v) is 2.18. The van der Waals surface area contributed by atoms with Crippen LogP contribution in [0.15, 0.2) is 30.3 Å². The van der Waals surface area contributed by atoms with Crippen LogP contribution in [0.5, 0.6) is 0 Å². The van der Waals surface area contributed by atoms with Crippen molar-refractivity contribution < 1.29 is 13.6 Å².